The van der Waals surface area contributed by atoms with Gasteiger partial charge < -0.3 is 29.4 Å². The maximum Gasteiger partial charge on any atom is 0.352 e. The van der Waals surface area contributed by atoms with E-state index in [4.69, 9.17) is 29.4 Å². The molecule has 43 heavy (non-hydrogen) atoms. The number of fused-ring (bicyclic) bond motifs is 1. The molecule has 10 heteroatoms. The molecule has 0 spiro atoms. The highest BCUT2D eigenvalue weighted by molar-refractivity contribution is 5.77. The summed E-state index contributed by atoms with van der Waals surface area (Å²) in [6, 6.07) is 23.6. The molecular weight excluding hydrogens is 558 g/mol. The van der Waals surface area contributed by atoms with Gasteiger partial charge in [-0.05, 0) is 61.0 Å². The lowest BCUT2D eigenvalue weighted by molar-refractivity contribution is -0.141. The Labute approximate surface area is 246 Å². The first-order valence-electron chi connectivity index (χ1n) is 13.2. The van der Waals surface area contributed by atoms with E-state index in [1.807, 2.05) is 0 Å². The fourth-order valence-electron chi connectivity index (χ4n) is 4.56. The number of allylic oxidation sites excluding steroid dienone is 1. The van der Waals surface area contributed by atoms with Crippen LogP contribution < -0.4 is 29.4 Å². The van der Waals surface area contributed by atoms with Gasteiger partial charge in [0, 0.05) is 17.2 Å². The summed E-state index contributed by atoms with van der Waals surface area (Å²) < 4.78 is 55.4. The molecule has 0 bridgehead atoms. The van der Waals surface area contributed by atoms with E-state index >= 15 is 0 Å². The first kappa shape index (κ1) is 29.0. The molecule has 0 aromatic heterocycles. The van der Waals surface area contributed by atoms with Gasteiger partial charge in [-0.2, -0.15) is 5.26 Å². The minimum Gasteiger partial charge on any atom is -0.493 e. The van der Waals surface area contributed by atoms with E-state index in [0.717, 1.165) is 0 Å². The monoisotopic (exact) mass is 584 g/mol. The SMILES string of the molecule is COc1cc(C2C(C#N)=C(N)Oc3cc(OC(=O)C(C)Oc4ccc(F)cc4)ccc32)ccc1OCc1ccccc1F. The van der Waals surface area contributed by atoms with Crippen LogP contribution in [-0.4, -0.2) is 19.2 Å². The van der Waals surface area contributed by atoms with Crippen molar-refractivity contribution in [1.82, 2.24) is 0 Å². The summed E-state index contributed by atoms with van der Waals surface area (Å²) in [5, 5.41) is 9.94. The van der Waals surface area contributed by atoms with Crippen molar-refractivity contribution in [2.45, 2.75) is 25.6 Å². The lowest BCUT2D eigenvalue weighted by Crippen LogP contribution is -2.28. The zero-order chi connectivity index (χ0) is 30.5. The van der Waals surface area contributed by atoms with Gasteiger partial charge in [-0.25, -0.2) is 13.6 Å². The Morgan fingerprint density at radius 2 is 1.74 bits per heavy atom. The Morgan fingerprint density at radius 3 is 2.47 bits per heavy atom. The number of nitrogens with two attached hydrogens (primary N) is 1. The van der Waals surface area contributed by atoms with Gasteiger partial charge in [-0.15, -0.1) is 0 Å². The van der Waals surface area contributed by atoms with Gasteiger partial charge in [0.2, 0.25) is 5.88 Å². The molecule has 2 N–H and O–H groups in total. The number of nitrogens with zero attached hydrogens (tertiary/aromatic N) is 1. The molecule has 8 nitrogen and oxygen atoms in total. The number of benzene rings is 4. The Morgan fingerprint density at radius 1 is 1.00 bits per heavy atom. The quantitative estimate of drug-likeness (QED) is 0.184. The summed E-state index contributed by atoms with van der Waals surface area (Å²) in [7, 11) is 1.48. The van der Waals surface area contributed by atoms with Crippen LogP contribution >= 0.6 is 0 Å². The summed E-state index contributed by atoms with van der Waals surface area (Å²) in [5.41, 5.74) is 7.97. The zero-order valence-corrected chi connectivity index (χ0v) is 23.2. The molecule has 4 aromatic rings. The molecule has 0 saturated carbocycles. The smallest absolute Gasteiger partial charge is 0.352 e. The minimum absolute atomic E-state index is 0.00612. The number of carbonyl (C=O) groups excluding carboxylic acids is 1. The highest BCUT2D eigenvalue weighted by atomic mass is 19.1. The fourth-order valence-corrected chi connectivity index (χ4v) is 4.56. The number of hydrogen-bond acceptors (Lipinski definition) is 8. The van der Waals surface area contributed by atoms with Crippen molar-refractivity contribution in [3.63, 3.8) is 0 Å². The normalized spacial score (nSPS) is 14.5. The molecule has 0 amide bonds. The van der Waals surface area contributed by atoms with Crippen molar-refractivity contribution in [1.29, 1.82) is 5.26 Å². The molecule has 5 rings (SSSR count). The second-order valence-corrected chi connectivity index (χ2v) is 9.55. The van der Waals surface area contributed by atoms with Crippen LogP contribution in [0.3, 0.4) is 0 Å². The topological polar surface area (TPSA) is 113 Å². The van der Waals surface area contributed by atoms with Gasteiger partial charge in [-0.3, -0.25) is 0 Å². The molecule has 0 radical (unpaired) electrons. The lowest BCUT2D eigenvalue weighted by Gasteiger charge is -2.27. The molecule has 1 heterocycles. The number of esters is 1. The van der Waals surface area contributed by atoms with Gasteiger partial charge in [0.05, 0.1) is 13.0 Å². The molecule has 4 aromatic carbocycles. The predicted molar refractivity (Wildman–Crippen MR) is 152 cm³/mol. The van der Waals surface area contributed by atoms with Crippen molar-refractivity contribution < 1.29 is 37.3 Å². The second kappa shape index (κ2) is 12.5. The van der Waals surface area contributed by atoms with Crippen LogP contribution in [0, 0.1) is 23.0 Å². The molecular formula is C33H26F2N2O6. The van der Waals surface area contributed by atoms with E-state index in [9.17, 15) is 18.8 Å². The summed E-state index contributed by atoms with van der Waals surface area (Å²) in [4.78, 5) is 12.7. The second-order valence-electron chi connectivity index (χ2n) is 9.55. The number of halogens is 2. The van der Waals surface area contributed by atoms with Crippen LogP contribution in [0.5, 0.6) is 28.7 Å². The summed E-state index contributed by atoms with van der Waals surface area (Å²) in [5.74, 6) is -0.699. The molecule has 0 saturated heterocycles. The van der Waals surface area contributed by atoms with E-state index in [-0.39, 0.29) is 35.4 Å². The molecule has 0 fully saturated rings. The third-order valence-electron chi connectivity index (χ3n) is 6.73. The van der Waals surface area contributed by atoms with E-state index in [1.165, 1.54) is 50.4 Å². The minimum atomic E-state index is -0.989. The molecule has 0 aliphatic carbocycles. The number of ether oxygens (including phenoxy) is 5. The molecule has 2 atom stereocenters. The van der Waals surface area contributed by atoms with Crippen LogP contribution in [0.2, 0.25) is 0 Å². The molecule has 1 aliphatic rings. The summed E-state index contributed by atoms with van der Waals surface area (Å²) >= 11 is 0. The van der Waals surface area contributed by atoms with Gasteiger partial charge >= 0.3 is 5.97 Å². The average molecular weight is 585 g/mol. The largest absolute Gasteiger partial charge is 0.493 e. The van der Waals surface area contributed by atoms with E-state index in [1.54, 1.807) is 48.5 Å². The molecule has 2 unspecified atom stereocenters. The van der Waals surface area contributed by atoms with Crippen LogP contribution in [0.15, 0.2) is 96.4 Å². The van der Waals surface area contributed by atoms with Crippen molar-refractivity contribution in [2.24, 2.45) is 5.73 Å². The third kappa shape index (κ3) is 6.36. The van der Waals surface area contributed by atoms with Gasteiger partial charge in [0.25, 0.3) is 0 Å². The Hall–Kier alpha value is -5.56. The van der Waals surface area contributed by atoms with Crippen molar-refractivity contribution >= 4 is 5.97 Å². The number of rotatable bonds is 9. The highest BCUT2D eigenvalue weighted by Crippen LogP contribution is 2.45. The number of carbonyl (C=O) groups is 1. The van der Waals surface area contributed by atoms with Crippen molar-refractivity contribution in [2.75, 3.05) is 7.11 Å². The standard InChI is InChI=1S/C33H26F2N2O6/c1-19(41-23-10-8-22(34)9-11-23)33(38)42-24-12-13-25-29(16-24)43-32(37)26(17-36)31(25)20-7-14-28(30(15-20)39-2)40-18-21-5-3-4-6-27(21)35/h3-16,19,31H,18,37H2,1-2H3. The highest BCUT2D eigenvalue weighted by Gasteiger charge is 2.32. The fraction of sp³-hybridized carbons (Fsp3) is 0.152. The summed E-state index contributed by atoms with van der Waals surface area (Å²) in [6.45, 7) is 1.50. The van der Waals surface area contributed by atoms with E-state index < -0.39 is 23.8 Å². The van der Waals surface area contributed by atoms with E-state index in [2.05, 4.69) is 6.07 Å². The van der Waals surface area contributed by atoms with Gasteiger partial charge in [0.15, 0.2) is 17.6 Å². The lowest BCUT2D eigenvalue weighted by atomic mass is 9.83. The van der Waals surface area contributed by atoms with Crippen molar-refractivity contribution in [3.05, 3.63) is 125 Å². The maximum absolute atomic E-state index is 14.1. The Kier molecular flexibility index (Phi) is 8.44. The van der Waals surface area contributed by atoms with Gasteiger partial charge in [-0.1, -0.05) is 30.3 Å². The van der Waals surface area contributed by atoms with Crippen LogP contribution in [0.4, 0.5) is 8.78 Å². The zero-order valence-electron chi connectivity index (χ0n) is 23.2. The first-order chi connectivity index (χ1) is 20.8. The van der Waals surface area contributed by atoms with Crippen molar-refractivity contribution in [3.8, 4) is 34.8 Å². The predicted octanol–water partition coefficient (Wildman–Crippen LogP) is 6.14. The molecule has 218 valence electrons. The third-order valence-corrected chi connectivity index (χ3v) is 6.73. The Balaban J connectivity index is 1.37. The average Bonchev–Trinajstić information content (AvgIpc) is 3.01. The number of nitriles is 1. The maximum atomic E-state index is 14.1. The molecule has 1 aliphatic heterocycles. The first-order valence-corrected chi connectivity index (χ1v) is 13.2. The number of hydrogen-bond donors (Lipinski definition) is 1. The van der Waals surface area contributed by atoms with Gasteiger partial charge in [0.1, 0.15) is 47.1 Å². The number of methoxy groups -OCH3 is 1. The van der Waals surface area contributed by atoms with Crippen LogP contribution in [0.25, 0.3) is 0 Å². The summed E-state index contributed by atoms with van der Waals surface area (Å²) in [6.07, 6.45) is -0.989. The Bertz CT molecular complexity index is 1730. The van der Waals surface area contributed by atoms with Crippen LogP contribution in [-0.2, 0) is 11.4 Å². The van der Waals surface area contributed by atoms with Crippen LogP contribution in [0.1, 0.15) is 29.5 Å². The van der Waals surface area contributed by atoms with E-state index in [0.29, 0.717) is 33.9 Å².